The smallest absolute Gasteiger partial charge is 0.306 e. The normalized spacial score (nSPS) is 12.7. The van der Waals surface area contributed by atoms with Crippen LogP contribution in [-0.2, 0) is 28.6 Å². The molecule has 0 aromatic rings. The summed E-state index contributed by atoms with van der Waals surface area (Å²) in [6.45, 7) is 6.48. The fraction of sp³-hybridized carbons (Fsp3) is 0.721. The molecular formula is C68H116O6. The zero-order chi connectivity index (χ0) is 53.6. The van der Waals surface area contributed by atoms with Crippen molar-refractivity contribution in [1.82, 2.24) is 0 Å². The highest BCUT2D eigenvalue weighted by molar-refractivity contribution is 5.71. The van der Waals surface area contributed by atoms with E-state index >= 15 is 0 Å². The van der Waals surface area contributed by atoms with Crippen LogP contribution in [0.4, 0.5) is 0 Å². The van der Waals surface area contributed by atoms with Crippen LogP contribution in [0, 0.1) is 0 Å². The van der Waals surface area contributed by atoms with Gasteiger partial charge < -0.3 is 14.2 Å². The first kappa shape index (κ1) is 70.3. The first-order valence-corrected chi connectivity index (χ1v) is 31.2. The van der Waals surface area contributed by atoms with Gasteiger partial charge in [-0.25, -0.2) is 0 Å². The Kier molecular flexibility index (Phi) is 58.8. The highest BCUT2D eigenvalue weighted by Crippen LogP contribution is 2.16. The molecule has 0 heterocycles. The second-order valence-electron chi connectivity index (χ2n) is 20.6. The lowest BCUT2D eigenvalue weighted by Gasteiger charge is -2.18. The monoisotopic (exact) mass is 1030 g/mol. The van der Waals surface area contributed by atoms with Crippen molar-refractivity contribution >= 4 is 17.9 Å². The molecule has 0 saturated carbocycles. The first-order chi connectivity index (χ1) is 36.5. The second kappa shape index (κ2) is 61.9. The summed E-state index contributed by atoms with van der Waals surface area (Å²) in [5, 5.41) is 0. The summed E-state index contributed by atoms with van der Waals surface area (Å²) < 4.78 is 16.8. The Labute approximate surface area is 457 Å². The molecule has 0 aromatic heterocycles. The van der Waals surface area contributed by atoms with Crippen LogP contribution >= 0.6 is 0 Å². The van der Waals surface area contributed by atoms with Crippen LogP contribution in [0.1, 0.15) is 297 Å². The van der Waals surface area contributed by atoms with Gasteiger partial charge in [0.05, 0.1) is 0 Å². The number of carbonyl (C=O) groups is 3. The zero-order valence-corrected chi connectivity index (χ0v) is 48.6. The summed E-state index contributed by atoms with van der Waals surface area (Å²) in [4.78, 5) is 38.1. The number of ether oxygens (including phenoxy) is 3. The molecule has 74 heavy (non-hydrogen) atoms. The van der Waals surface area contributed by atoms with Crippen molar-refractivity contribution in [2.45, 2.75) is 303 Å². The average molecular weight is 1030 g/mol. The van der Waals surface area contributed by atoms with E-state index in [2.05, 4.69) is 118 Å². The van der Waals surface area contributed by atoms with Gasteiger partial charge in [-0.3, -0.25) is 14.4 Å². The average Bonchev–Trinajstić information content (AvgIpc) is 3.40. The minimum Gasteiger partial charge on any atom is -0.462 e. The van der Waals surface area contributed by atoms with Gasteiger partial charge in [0.25, 0.3) is 0 Å². The molecule has 0 spiro atoms. The topological polar surface area (TPSA) is 78.9 Å². The predicted octanol–water partition coefficient (Wildman–Crippen LogP) is 21.3. The maximum atomic E-state index is 12.9. The zero-order valence-electron chi connectivity index (χ0n) is 48.6. The third-order valence-corrected chi connectivity index (χ3v) is 13.3. The fourth-order valence-electron chi connectivity index (χ4n) is 8.65. The predicted molar refractivity (Wildman–Crippen MR) is 320 cm³/mol. The molecule has 0 amide bonds. The van der Waals surface area contributed by atoms with Crippen LogP contribution in [-0.4, -0.2) is 37.2 Å². The molecule has 424 valence electrons. The Morgan fingerprint density at radius 2 is 0.527 bits per heavy atom. The largest absolute Gasteiger partial charge is 0.462 e. The Bertz CT molecular complexity index is 1460. The van der Waals surface area contributed by atoms with Gasteiger partial charge in [-0.15, -0.1) is 0 Å². The van der Waals surface area contributed by atoms with E-state index in [0.29, 0.717) is 19.3 Å². The van der Waals surface area contributed by atoms with Gasteiger partial charge in [-0.05, 0) is 103 Å². The summed E-state index contributed by atoms with van der Waals surface area (Å²) in [6.07, 6.45) is 82.8. The van der Waals surface area contributed by atoms with Gasteiger partial charge >= 0.3 is 17.9 Å². The van der Waals surface area contributed by atoms with Crippen LogP contribution in [0.2, 0.25) is 0 Å². The molecule has 0 aliphatic heterocycles. The third-order valence-electron chi connectivity index (χ3n) is 13.3. The van der Waals surface area contributed by atoms with Gasteiger partial charge in [0, 0.05) is 19.3 Å². The number of hydrogen-bond donors (Lipinski definition) is 0. The van der Waals surface area contributed by atoms with E-state index in [0.717, 1.165) is 122 Å². The minimum absolute atomic E-state index is 0.0848. The van der Waals surface area contributed by atoms with E-state index in [-0.39, 0.29) is 31.1 Å². The van der Waals surface area contributed by atoms with Gasteiger partial charge in [0.15, 0.2) is 6.10 Å². The maximum Gasteiger partial charge on any atom is 0.306 e. The molecule has 0 saturated heterocycles. The fourth-order valence-corrected chi connectivity index (χ4v) is 8.65. The maximum absolute atomic E-state index is 12.9. The molecule has 1 atom stereocenters. The van der Waals surface area contributed by atoms with Gasteiger partial charge in [-0.2, -0.15) is 0 Å². The summed E-state index contributed by atoms with van der Waals surface area (Å²) in [6, 6.07) is 0. The molecule has 0 aliphatic rings. The lowest BCUT2D eigenvalue weighted by atomic mass is 10.0. The number of esters is 3. The molecule has 0 aromatic carbocycles. The van der Waals surface area contributed by atoms with E-state index < -0.39 is 6.10 Å². The van der Waals surface area contributed by atoms with Crippen molar-refractivity contribution < 1.29 is 28.6 Å². The quantitative estimate of drug-likeness (QED) is 0.0261. The Hall–Kier alpha value is -3.67. The van der Waals surface area contributed by atoms with Gasteiger partial charge in [0.2, 0.25) is 0 Å². The summed E-state index contributed by atoms with van der Waals surface area (Å²) in [5.74, 6) is -0.904. The van der Waals surface area contributed by atoms with Gasteiger partial charge in [-0.1, -0.05) is 272 Å². The molecule has 0 radical (unpaired) electrons. The lowest BCUT2D eigenvalue weighted by Crippen LogP contribution is -2.30. The molecule has 0 rings (SSSR count). The third kappa shape index (κ3) is 59.2. The van der Waals surface area contributed by atoms with Crippen LogP contribution in [0.15, 0.2) is 97.2 Å². The Morgan fingerprint density at radius 1 is 0.284 bits per heavy atom. The molecule has 0 fully saturated rings. The van der Waals surface area contributed by atoms with Crippen LogP contribution in [0.3, 0.4) is 0 Å². The van der Waals surface area contributed by atoms with E-state index in [1.165, 1.54) is 135 Å². The standard InChI is InChI=1S/C68H116O6/c1-4-7-10-13-16-19-21-23-25-27-29-31-32-33-34-35-36-38-39-41-43-45-47-49-52-55-58-61-67(70)73-64-65(63-72-66(69)60-57-54-51-18-15-12-9-6-3)74-68(71)62-59-56-53-50-48-46-44-42-40-37-30-28-26-24-22-20-17-14-11-8-5-2/h8,11,17,20-21,23-24,26-27,29-30,32-33,37,42,44,65H,4-7,9-10,12-16,18-19,22,25,28,31,34-36,38-41,43,45-64H2,1-3H3/b11-8-,20-17-,23-21-,26-24-,29-27-,33-32-,37-30-,44-42-. The number of allylic oxidation sites excluding steroid dienone is 16. The molecule has 0 bridgehead atoms. The SMILES string of the molecule is CC/C=C\C/C=C\C/C=C\C/C=C\C/C=C\CCCCCCCC(=O)OC(COC(=O)CCCCCCCCCC)COC(=O)CCCCCCCCCCCCCC/C=C\C/C=C\C/C=C\CCCCCCC. The van der Waals surface area contributed by atoms with Gasteiger partial charge in [0.1, 0.15) is 13.2 Å². The molecule has 6 heteroatoms. The highest BCUT2D eigenvalue weighted by atomic mass is 16.6. The molecule has 1 unspecified atom stereocenters. The van der Waals surface area contributed by atoms with Crippen molar-refractivity contribution in [2.24, 2.45) is 0 Å². The number of rotatable bonds is 56. The summed E-state index contributed by atoms with van der Waals surface area (Å²) in [7, 11) is 0. The van der Waals surface area contributed by atoms with Crippen molar-refractivity contribution in [3.8, 4) is 0 Å². The Balaban J connectivity index is 4.22. The van der Waals surface area contributed by atoms with E-state index in [4.69, 9.17) is 14.2 Å². The van der Waals surface area contributed by atoms with E-state index in [1.807, 2.05) is 0 Å². The molecular weight excluding hydrogens is 913 g/mol. The van der Waals surface area contributed by atoms with Crippen LogP contribution in [0.25, 0.3) is 0 Å². The molecule has 0 aliphatic carbocycles. The van der Waals surface area contributed by atoms with Crippen molar-refractivity contribution in [3.05, 3.63) is 97.2 Å². The number of hydrogen-bond acceptors (Lipinski definition) is 6. The first-order valence-electron chi connectivity index (χ1n) is 31.2. The number of unbranched alkanes of at least 4 members (excludes halogenated alkanes) is 29. The molecule has 6 nitrogen and oxygen atoms in total. The summed E-state index contributed by atoms with van der Waals surface area (Å²) in [5.41, 5.74) is 0. The Morgan fingerprint density at radius 3 is 0.824 bits per heavy atom. The van der Waals surface area contributed by atoms with Crippen LogP contribution < -0.4 is 0 Å². The second-order valence-corrected chi connectivity index (χ2v) is 20.6. The van der Waals surface area contributed by atoms with Crippen molar-refractivity contribution in [3.63, 3.8) is 0 Å². The van der Waals surface area contributed by atoms with Crippen LogP contribution in [0.5, 0.6) is 0 Å². The lowest BCUT2D eigenvalue weighted by molar-refractivity contribution is -0.167. The van der Waals surface area contributed by atoms with E-state index in [1.54, 1.807) is 0 Å². The van der Waals surface area contributed by atoms with E-state index in [9.17, 15) is 14.4 Å². The number of carbonyl (C=O) groups excluding carboxylic acids is 3. The highest BCUT2D eigenvalue weighted by Gasteiger charge is 2.19. The van der Waals surface area contributed by atoms with Crippen molar-refractivity contribution in [1.29, 1.82) is 0 Å². The summed E-state index contributed by atoms with van der Waals surface area (Å²) >= 11 is 0. The van der Waals surface area contributed by atoms with Crippen molar-refractivity contribution in [2.75, 3.05) is 13.2 Å². The minimum atomic E-state index is -0.787. The molecule has 0 N–H and O–H groups in total.